The van der Waals surface area contributed by atoms with Crippen LogP contribution in [0.3, 0.4) is 0 Å². The maximum absolute atomic E-state index is 10.5. The molecule has 0 aliphatic heterocycles. The summed E-state index contributed by atoms with van der Waals surface area (Å²) in [5.41, 5.74) is 1.88. The Labute approximate surface area is 161 Å². The first-order valence-corrected chi connectivity index (χ1v) is 8.99. The van der Waals surface area contributed by atoms with E-state index in [0.717, 1.165) is 11.1 Å². The van der Waals surface area contributed by atoms with E-state index in [2.05, 4.69) is 0 Å². The first kappa shape index (κ1) is 21.4. The van der Waals surface area contributed by atoms with Gasteiger partial charge in [0.15, 0.2) is 0 Å². The Kier molecular flexibility index (Phi) is 6.00. The summed E-state index contributed by atoms with van der Waals surface area (Å²) in [7, 11) is -3.20. The second-order valence-corrected chi connectivity index (χ2v) is 8.87. The van der Waals surface area contributed by atoms with Gasteiger partial charge in [0.2, 0.25) is 0 Å². The summed E-state index contributed by atoms with van der Waals surface area (Å²) in [4.78, 5) is 0. The molecule has 7 heteroatoms. The van der Waals surface area contributed by atoms with Gasteiger partial charge in [0.05, 0.1) is 0 Å². The highest BCUT2D eigenvalue weighted by molar-refractivity contribution is 6.63. The van der Waals surface area contributed by atoms with Crippen molar-refractivity contribution in [2.45, 2.75) is 52.4 Å². The van der Waals surface area contributed by atoms with E-state index in [0.29, 0.717) is 0 Å². The molecule has 0 saturated heterocycles. The van der Waals surface area contributed by atoms with Gasteiger partial charge in [-0.15, -0.1) is 0 Å². The Morgan fingerprint density at radius 3 is 1.70 bits per heavy atom. The maximum atomic E-state index is 10.5. The molecule has 0 fully saturated rings. The van der Waals surface area contributed by atoms with Gasteiger partial charge < -0.3 is 24.8 Å². The van der Waals surface area contributed by atoms with E-state index < -0.39 is 14.2 Å². The molecule has 0 heterocycles. The number of phenolic OH excluding ortho intramolecular Hbond substituents is 1. The van der Waals surface area contributed by atoms with E-state index in [1.807, 2.05) is 47.6 Å². The molecule has 0 unspecified atom stereocenters. The molecule has 5 nitrogen and oxygen atoms in total. The fourth-order valence-electron chi connectivity index (χ4n) is 2.73. The van der Waals surface area contributed by atoms with Crippen LogP contribution in [0, 0.1) is 0 Å². The second kappa shape index (κ2) is 7.58. The van der Waals surface area contributed by atoms with Crippen molar-refractivity contribution in [3.05, 3.63) is 47.5 Å². The van der Waals surface area contributed by atoms with Crippen molar-refractivity contribution < 1.29 is 24.8 Å². The highest BCUT2D eigenvalue weighted by Gasteiger charge is 2.29. The van der Waals surface area contributed by atoms with Gasteiger partial charge in [-0.2, -0.15) is 0 Å². The smallest absolute Gasteiger partial charge is 0.533 e. The lowest BCUT2D eigenvalue weighted by Crippen LogP contribution is -2.41. The zero-order chi connectivity index (χ0) is 20.6. The van der Waals surface area contributed by atoms with Crippen LogP contribution in [0.2, 0.25) is 0 Å². The summed E-state index contributed by atoms with van der Waals surface area (Å²) >= 11 is 0. The molecule has 0 aliphatic carbocycles. The molecule has 0 saturated carbocycles. The van der Waals surface area contributed by atoms with Gasteiger partial charge >= 0.3 is 14.2 Å². The molecule has 0 radical (unpaired) electrons. The van der Waals surface area contributed by atoms with Crippen LogP contribution in [0.15, 0.2) is 36.4 Å². The third-order valence-electron chi connectivity index (χ3n) is 4.55. The number of hydrogen-bond donors (Lipinski definition) is 4. The maximum Gasteiger partial charge on any atom is 0.563 e. The molecule has 0 aromatic heterocycles. The number of hydrogen-bond acceptors (Lipinski definition) is 5. The van der Waals surface area contributed by atoms with Crippen molar-refractivity contribution in [1.29, 1.82) is 0 Å². The molecule has 144 valence electrons. The summed E-state index contributed by atoms with van der Waals surface area (Å²) in [6, 6.07) is 10.1. The van der Waals surface area contributed by atoms with Crippen LogP contribution in [0.1, 0.15) is 52.7 Å². The summed E-state index contributed by atoms with van der Waals surface area (Å²) in [5, 5.41) is 40.1. The zero-order valence-electron chi connectivity index (χ0n) is 16.8. The molecule has 0 aliphatic rings. The lowest BCUT2D eigenvalue weighted by molar-refractivity contribution is 0.414. The largest absolute Gasteiger partial charge is 0.563 e. The van der Waals surface area contributed by atoms with Gasteiger partial charge in [-0.1, -0.05) is 65.8 Å². The first-order valence-electron chi connectivity index (χ1n) is 8.99. The summed E-state index contributed by atoms with van der Waals surface area (Å²) in [6.45, 7) is 12.1. The highest BCUT2D eigenvalue weighted by atomic mass is 16.5. The molecule has 0 bridgehead atoms. The van der Waals surface area contributed by atoms with E-state index in [4.69, 9.17) is 4.65 Å². The van der Waals surface area contributed by atoms with Crippen LogP contribution in [-0.2, 0) is 10.8 Å². The lowest BCUT2D eigenvalue weighted by Gasteiger charge is -2.23. The van der Waals surface area contributed by atoms with Gasteiger partial charge in [0.25, 0.3) is 0 Å². The van der Waals surface area contributed by atoms with Crippen LogP contribution in [0.5, 0.6) is 11.5 Å². The fraction of sp³-hybridized carbons (Fsp3) is 0.400. The van der Waals surface area contributed by atoms with E-state index in [1.165, 1.54) is 6.07 Å². The summed E-state index contributed by atoms with van der Waals surface area (Å²) in [6.07, 6.45) is 0. The van der Waals surface area contributed by atoms with Crippen LogP contribution >= 0.6 is 0 Å². The number of rotatable bonds is 4. The Morgan fingerprint density at radius 2 is 1.22 bits per heavy atom. The van der Waals surface area contributed by atoms with Gasteiger partial charge in [-0.3, -0.25) is 0 Å². The third-order valence-corrected chi connectivity index (χ3v) is 4.55. The van der Waals surface area contributed by atoms with Crippen LogP contribution in [0.4, 0.5) is 0 Å². The van der Waals surface area contributed by atoms with Crippen molar-refractivity contribution in [2.24, 2.45) is 0 Å². The van der Waals surface area contributed by atoms with Crippen molar-refractivity contribution in [3.63, 3.8) is 0 Å². The van der Waals surface area contributed by atoms with E-state index >= 15 is 0 Å². The second-order valence-electron chi connectivity index (χ2n) is 8.87. The van der Waals surface area contributed by atoms with Crippen molar-refractivity contribution in [1.82, 2.24) is 0 Å². The minimum absolute atomic E-state index is 0.0899. The molecular formula is C20H28B2O5. The van der Waals surface area contributed by atoms with Crippen LogP contribution in [0.25, 0.3) is 0 Å². The topological polar surface area (TPSA) is 90.2 Å². The first-order chi connectivity index (χ1) is 12.3. The predicted octanol–water partition coefficient (Wildman–Crippen LogP) is 1.43. The molecule has 2 rings (SSSR count). The minimum Gasteiger partial charge on any atom is -0.533 e. The Hall–Kier alpha value is -1.95. The lowest BCUT2D eigenvalue weighted by atomic mass is 9.73. The molecule has 0 amide bonds. The Morgan fingerprint density at radius 1 is 0.741 bits per heavy atom. The summed E-state index contributed by atoms with van der Waals surface area (Å²) in [5.74, 6) is 0.0546. The number of benzene rings is 2. The molecule has 4 N–H and O–H groups in total. The van der Waals surface area contributed by atoms with E-state index in [-0.39, 0.29) is 33.3 Å². The van der Waals surface area contributed by atoms with Gasteiger partial charge in [0, 0.05) is 10.9 Å². The average Bonchev–Trinajstić information content (AvgIpc) is 2.53. The van der Waals surface area contributed by atoms with Crippen molar-refractivity contribution in [3.8, 4) is 11.5 Å². The molecule has 2 aromatic carbocycles. The third kappa shape index (κ3) is 5.06. The van der Waals surface area contributed by atoms with Crippen molar-refractivity contribution in [2.75, 3.05) is 0 Å². The molecule has 27 heavy (non-hydrogen) atoms. The standard InChI is InChI=1S/C20H28B2O5/c1-19(2,3)13-7-9-17(23)15(11-13)22(26)27-18-10-8-14(20(4,5)6)12-16(18)21(24)25/h7-12,23-26H,1-6H3. The van der Waals surface area contributed by atoms with Crippen LogP contribution < -0.4 is 15.6 Å². The van der Waals surface area contributed by atoms with Gasteiger partial charge in [-0.25, -0.2) is 0 Å². The Bertz CT molecular complexity index is 807. The SMILES string of the molecule is CC(C)(C)c1ccc(O)c(B(O)Oc2ccc(C(C)(C)C)cc2B(O)O)c1. The fourth-order valence-corrected chi connectivity index (χ4v) is 2.73. The monoisotopic (exact) mass is 370 g/mol. The quantitative estimate of drug-likeness (QED) is 0.612. The highest BCUT2D eigenvalue weighted by Crippen LogP contribution is 2.25. The number of phenols is 1. The molecule has 0 atom stereocenters. The predicted molar refractivity (Wildman–Crippen MR) is 110 cm³/mol. The van der Waals surface area contributed by atoms with Gasteiger partial charge in [0.1, 0.15) is 11.5 Å². The molecule has 0 spiro atoms. The van der Waals surface area contributed by atoms with E-state index in [1.54, 1.807) is 24.3 Å². The zero-order valence-corrected chi connectivity index (χ0v) is 16.8. The minimum atomic E-state index is -1.75. The van der Waals surface area contributed by atoms with Crippen molar-refractivity contribution >= 4 is 25.2 Å². The number of aromatic hydroxyl groups is 1. The normalized spacial score (nSPS) is 12.0. The van der Waals surface area contributed by atoms with Gasteiger partial charge in [-0.05, 0) is 34.1 Å². The molecular weight excluding hydrogens is 342 g/mol. The Balaban J connectivity index is 2.40. The average molecular weight is 370 g/mol. The van der Waals surface area contributed by atoms with Crippen LogP contribution in [-0.4, -0.2) is 34.4 Å². The van der Waals surface area contributed by atoms with E-state index in [9.17, 15) is 20.2 Å². The molecule has 2 aromatic rings. The summed E-state index contributed by atoms with van der Waals surface area (Å²) < 4.78 is 5.58.